The molecule has 0 saturated carbocycles. The molecule has 0 atom stereocenters. The highest BCUT2D eigenvalue weighted by molar-refractivity contribution is 5.87. The van der Waals surface area contributed by atoms with E-state index in [1.54, 1.807) is 0 Å². The van der Waals surface area contributed by atoms with Gasteiger partial charge in [-0.1, -0.05) is 0 Å². The van der Waals surface area contributed by atoms with E-state index in [9.17, 15) is 4.79 Å². The Bertz CT molecular complexity index is 355. The molecule has 0 aliphatic carbocycles. The fraction of sp³-hybridized carbons (Fsp3) is 0.500. The minimum Gasteiger partial charge on any atom is -0.370 e. The minimum absolute atomic E-state index is 0.0850. The number of rotatable bonds is 2. The molecule has 2 heterocycles. The van der Waals surface area contributed by atoms with Crippen molar-refractivity contribution in [3.05, 3.63) is 18.3 Å². The van der Waals surface area contributed by atoms with Crippen LogP contribution in [0.1, 0.15) is 26.2 Å². The zero-order chi connectivity index (χ0) is 11.4. The van der Waals surface area contributed by atoms with Gasteiger partial charge in [0.05, 0.1) is 11.9 Å². The molecular formula is C12H17N3O. The molecular weight excluding hydrogens is 202 g/mol. The summed E-state index contributed by atoms with van der Waals surface area (Å²) in [6, 6.07) is 3.87. The highest BCUT2D eigenvalue weighted by Crippen LogP contribution is 2.19. The van der Waals surface area contributed by atoms with Crippen LogP contribution in [0.15, 0.2) is 18.3 Å². The Morgan fingerprint density at radius 3 is 2.62 bits per heavy atom. The van der Waals surface area contributed by atoms with Crippen LogP contribution in [0.25, 0.3) is 0 Å². The number of anilines is 2. The Hall–Kier alpha value is -1.58. The fourth-order valence-electron chi connectivity index (χ4n) is 1.98. The first-order valence-corrected chi connectivity index (χ1v) is 5.74. The van der Waals surface area contributed by atoms with E-state index >= 15 is 0 Å². The van der Waals surface area contributed by atoms with E-state index in [0.717, 1.165) is 18.8 Å². The molecule has 1 aromatic heterocycles. The quantitative estimate of drug-likeness (QED) is 0.827. The Labute approximate surface area is 95.7 Å². The Kier molecular flexibility index (Phi) is 3.39. The molecule has 1 saturated heterocycles. The topological polar surface area (TPSA) is 45.2 Å². The van der Waals surface area contributed by atoms with Gasteiger partial charge >= 0.3 is 0 Å². The average Bonchev–Trinajstić information content (AvgIpc) is 2.30. The average molecular weight is 219 g/mol. The van der Waals surface area contributed by atoms with Gasteiger partial charge in [-0.05, 0) is 31.4 Å². The van der Waals surface area contributed by atoms with E-state index in [2.05, 4.69) is 15.2 Å². The molecule has 0 unspecified atom stereocenters. The number of nitrogens with zero attached hydrogens (tertiary/aromatic N) is 2. The first kappa shape index (κ1) is 10.9. The lowest BCUT2D eigenvalue weighted by Gasteiger charge is -2.28. The molecule has 0 aromatic carbocycles. The SMILES string of the molecule is CC(=O)Nc1ccc(N2CCCCC2)cn1. The second-order valence-electron chi connectivity index (χ2n) is 4.13. The van der Waals surface area contributed by atoms with Gasteiger partial charge in [0.25, 0.3) is 0 Å². The lowest BCUT2D eigenvalue weighted by atomic mass is 10.1. The van der Waals surface area contributed by atoms with Crippen molar-refractivity contribution in [3.8, 4) is 0 Å². The molecule has 1 aliphatic heterocycles. The summed E-state index contributed by atoms with van der Waals surface area (Å²) in [4.78, 5) is 17.4. The van der Waals surface area contributed by atoms with Gasteiger partial charge in [0.1, 0.15) is 5.82 Å². The molecule has 1 fully saturated rings. The van der Waals surface area contributed by atoms with Gasteiger partial charge in [0.2, 0.25) is 5.91 Å². The maximum atomic E-state index is 10.8. The minimum atomic E-state index is -0.0850. The molecule has 0 bridgehead atoms. The molecule has 1 amide bonds. The Morgan fingerprint density at radius 2 is 2.06 bits per heavy atom. The van der Waals surface area contributed by atoms with Crippen molar-refractivity contribution < 1.29 is 4.79 Å². The first-order valence-electron chi connectivity index (χ1n) is 5.74. The molecule has 4 heteroatoms. The highest BCUT2D eigenvalue weighted by Gasteiger charge is 2.10. The van der Waals surface area contributed by atoms with Crippen LogP contribution < -0.4 is 10.2 Å². The summed E-state index contributed by atoms with van der Waals surface area (Å²) in [6.45, 7) is 3.71. The predicted molar refractivity (Wildman–Crippen MR) is 64.6 cm³/mol. The van der Waals surface area contributed by atoms with Crippen LogP contribution in [0.2, 0.25) is 0 Å². The van der Waals surface area contributed by atoms with Crippen molar-refractivity contribution in [2.24, 2.45) is 0 Å². The van der Waals surface area contributed by atoms with Gasteiger partial charge < -0.3 is 10.2 Å². The summed E-state index contributed by atoms with van der Waals surface area (Å²) in [6.07, 6.45) is 5.67. The third-order valence-electron chi connectivity index (χ3n) is 2.77. The van der Waals surface area contributed by atoms with E-state index < -0.39 is 0 Å². The number of piperidine rings is 1. The number of hydrogen-bond acceptors (Lipinski definition) is 3. The smallest absolute Gasteiger partial charge is 0.222 e. The second-order valence-corrected chi connectivity index (χ2v) is 4.13. The van der Waals surface area contributed by atoms with Crippen molar-refractivity contribution in [2.75, 3.05) is 23.3 Å². The zero-order valence-corrected chi connectivity index (χ0v) is 9.57. The monoisotopic (exact) mass is 219 g/mol. The lowest BCUT2D eigenvalue weighted by molar-refractivity contribution is -0.114. The second kappa shape index (κ2) is 4.96. The van der Waals surface area contributed by atoms with Crippen LogP contribution in [0.3, 0.4) is 0 Å². The van der Waals surface area contributed by atoms with Crippen LogP contribution in [0.4, 0.5) is 11.5 Å². The van der Waals surface area contributed by atoms with Gasteiger partial charge in [-0.2, -0.15) is 0 Å². The number of nitrogens with one attached hydrogen (secondary N) is 1. The predicted octanol–water partition coefficient (Wildman–Crippen LogP) is 2.03. The molecule has 0 radical (unpaired) electrons. The van der Waals surface area contributed by atoms with Crippen LogP contribution in [0, 0.1) is 0 Å². The van der Waals surface area contributed by atoms with Gasteiger partial charge in [-0.3, -0.25) is 4.79 Å². The number of carbonyl (C=O) groups excluding carboxylic acids is 1. The van der Waals surface area contributed by atoms with Crippen molar-refractivity contribution >= 4 is 17.4 Å². The van der Waals surface area contributed by atoms with E-state index in [0.29, 0.717) is 5.82 Å². The molecule has 16 heavy (non-hydrogen) atoms. The number of pyridine rings is 1. The summed E-state index contributed by atoms with van der Waals surface area (Å²) in [5, 5.41) is 2.67. The standard InChI is InChI=1S/C12H17N3O/c1-10(16)14-12-6-5-11(9-13-12)15-7-3-2-4-8-15/h5-6,9H,2-4,7-8H2,1H3,(H,13,14,16). The van der Waals surface area contributed by atoms with Crippen molar-refractivity contribution in [1.29, 1.82) is 0 Å². The summed E-state index contributed by atoms with van der Waals surface area (Å²) < 4.78 is 0. The van der Waals surface area contributed by atoms with Crippen molar-refractivity contribution in [2.45, 2.75) is 26.2 Å². The van der Waals surface area contributed by atoms with Gasteiger partial charge in [-0.25, -0.2) is 4.98 Å². The first-order chi connectivity index (χ1) is 7.75. The maximum absolute atomic E-state index is 10.8. The molecule has 4 nitrogen and oxygen atoms in total. The van der Waals surface area contributed by atoms with Gasteiger partial charge in [0.15, 0.2) is 0 Å². The third-order valence-corrected chi connectivity index (χ3v) is 2.77. The highest BCUT2D eigenvalue weighted by atomic mass is 16.1. The molecule has 1 aromatic rings. The molecule has 2 rings (SSSR count). The Morgan fingerprint density at radius 1 is 1.31 bits per heavy atom. The summed E-state index contributed by atoms with van der Waals surface area (Å²) in [7, 11) is 0. The molecule has 1 N–H and O–H groups in total. The maximum Gasteiger partial charge on any atom is 0.222 e. The third kappa shape index (κ3) is 2.72. The lowest BCUT2D eigenvalue weighted by Crippen LogP contribution is -2.29. The van der Waals surface area contributed by atoms with Crippen molar-refractivity contribution in [3.63, 3.8) is 0 Å². The molecule has 86 valence electrons. The van der Waals surface area contributed by atoms with Crippen LogP contribution in [-0.4, -0.2) is 24.0 Å². The number of carbonyl (C=O) groups is 1. The van der Waals surface area contributed by atoms with Crippen molar-refractivity contribution in [1.82, 2.24) is 4.98 Å². The molecule has 0 spiro atoms. The number of amides is 1. The van der Waals surface area contributed by atoms with Crippen LogP contribution in [-0.2, 0) is 4.79 Å². The molecule has 1 aliphatic rings. The van der Waals surface area contributed by atoms with E-state index in [1.807, 2.05) is 18.3 Å². The van der Waals surface area contributed by atoms with E-state index in [4.69, 9.17) is 0 Å². The summed E-state index contributed by atoms with van der Waals surface area (Å²) in [5.41, 5.74) is 1.15. The van der Waals surface area contributed by atoms with Crippen LogP contribution in [0.5, 0.6) is 0 Å². The summed E-state index contributed by atoms with van der Waals surface area (Å²) >= 11 is 0. The number of hydrogen-bond donors (Lipinski definition) is 1. The largest absolute Gasteiger partial charge is 0.370 e. The van der Waals surface area contributed by atoms with Gasteiger partial charge in [0, 0.05) is 20.0 Å². The van der Waals surface area contributed by atoms with Crippen LogP contribution >= 0.6 is 0 Å². The zero-order valence-electron chi connectivity index (χ0n) is 9.57. The van der Waals surface area contributed by atoms with E-state index in [-0.39, 0.29) is 5.91 Å². The summed E-state index contributed by atoms with van der Waals surface area (Å²) in [5.74, 6) is 0.534. The van der Waals surface area contributed by atoms with E-state index in [1.165, 1.54) is 26.2 Å². The fourth-order valence-corrected chi connectivity index (χ4v) is 1.98. The number of aromatic nitrogens is 1. The Balaban J connectivity index is 2.03. The normalized spacial score (nSPS) is 15.9. The van der Waals surface area contributed by atoms with Gasteiger partial charge in [-0.15, -0.1) is 0 Å².